The Balaban J connectivity index is 2.32. The smallest absolute Gasteiger partial charge is 0.137 e. The van der Waals surface area contributed by atoms with E-state index in [-0.39, 0.29) is 6.10 Å². The molecule has 0 radical (unpaired) electrons. The largest absolute Gasteiger partial charge is 0.497 e. The minimum atomic E-state index is 0.0149. The predicted molar refractivity (Wildman–Crippen MR) is 87.7 cm³/mol. The molecule has 22 heavy (non-hydrogen) atoms. The number of nitrogens with zero attached hydrogens (tertiary/aromatic N) is 2. The van der Waals surface area contributed by atoms with Gasteiger partial charge in [-0.3, -0.25) is 0 Å². The minimum absolute atomic E-state index is 0.0149. The van der Waals surface area contributed by atoms with Crippen LogP contribution >= 0.6 is 0 Å². The first-order valence-electron chi connectivity index (χ1n) is 7.73. The molecule has 5 nitrogen and oxygen atoms in total. The summed E-state index contributed by atoms with van der Waals surface area (Å²) in [6.07, 6.45) is 6.58. The highest BCUT2D eigenvalue weighted by atomic mass is 16.5. The van der Waals surface area contributed by atoms with Gasteiger partial charge in [-0.05, 0) is 31.9 Å². The van der Waals surface area contributed by atoms with Crippen LogP contribution in [0.2, 0.25) is 0 Å². The molecule has 120 valence electrons. The number of allylic oxidation sites excluding steroid dienone is 1. The van der Waals surface area contributed by atoms with E-state index in [2.05, 4.69) is 29.1 Å². The van der Waals surface area contributed by atoms with Crippen LogP contribution in [0.5, 0.6) is 0 Å². The van der Waals surface area contributed by atoms with Crippen molar-refractivity contribution >= 4 is 5.82 Å². The second-order valence-electron chi connectivity index (χ2n) is 5.30. The fourth-order valence-corrected chi connectivity index (χ4v) is 2.68. The van der Waals surface area contributed by atoms with Crippen LogP contribution in [0.4, 0.5) is 5.82 Å². The summed E-state index contributed by atoms with van der Waals surface area (Å²) in [6, 6.07) is 0. The van der Waals surface area contributed by atoms with Crippen LogP contribution in [-0.4, -0.2) is 30.3 Å². The topological polar surface area (TPSA) is 56.3 Å². The number of aryl methyl sites for hydroxylation is 2. The summed E-state index contributed by atoms with van der Waals surface area (Å²) in [6.45, 7) is 6.18. The average Bonchev–Trinajstić information content (AvgIpc) is 2.53. The van der Waals surface area contributed by atoms with E-state index in [1.807, 2.05) is 19.1 Å². The monoisotopic (exact) mass is 303 g/mol. The highest BCUT2D eigenvalue weighted by molar-refractivity contribution is 5.52. The summed E-state index contributed by atoms with van der Waals surface area (Å²) >= 11 is 0. The van der Waals surface area contributed by atoms with E-state index in [4.69, 9.17) is 9.47 Å². The molecule has 0 aromatic carbocycles. The molecule has 1 heterocycles. The van der Waals surface area contributed by atoms with Gasteiger partial charge >= 0.3 is 0 Å². The third-order valence-electron chi connectivity index (χ3n) is 3.80. The molecule has 0 aliphatic heterocycles. The van der Waals surface area contributed by atoms with Crippen LogP contribution in [0.3, 0.4) is 0 Å². The molecule has 1 unspecified atom stereocenters. The number of rotatable bonds is 6. The van der Waals surface area contributed by atoms with Crippen LogP contribution in [0.15, 0.2) is 23.6 Å². The Kier molecular flexibility index (Phi) is 5.55. The molecule has 0 saturated heterocycles. The van der Waals surface area contributed by atoms with Crippen molar-refractivity contribution in [2.24, 2.45) is 0 Å². The van der Waals surface area contributed by atoms with Crippen molar-refractivity contribution in [1.82, 2.24) is 9.97 Å². The summed E-state index contributed by atoms with van der Waals surface area (Å²) < 4.78 is 10.8. The van der Waals surface area contributed by atoms with Crippen molar-refractivity contribution < 1.29 is 9.47 Å². The van der Waals surface area contributed by atoms with E-state index < -0.39 is 0 Å². The maximum Gasteiger partial charge on any atom is 0.137 e. The maximum atomic E-state index is 5.45. The van der Waals surface area contributed by atoms with E-state index in [0.29, 0.717) is 0 Å². The molecular formula is C17H25N3O2. The lowest BCUT2D eigenvalue weighted by Crippen LogP contribution is -2.19. The number of anilines is 1. The van der Waals surface area contributed by atoms with Gasteiger partial charge < -0.3 is 14.8 Å². The molecule has 2 rings (SSSR count). The van der Waals surface area contributed by atoms with Crippen molar-refractivity contribution in [2.45, 2.75) is 46.1 Å². The molecule has 0 saturated carbocycles. The zero-order valence-electron chi connectivity index (χ0n) is 14.1. The average molecular weight is 303 g/mol. The lowest BCUT2D eigenvalue weighted by atomic mass is 10.1. The van der Waals surface area contributed by atoms with Gasteiger partial charge in [0.25, 0.3) is 0 Å². The van der Waals surface area contributed by atoms with Crippen LogP contribution in [0.1, 0.15) is 37.4 Å². The van der Waals surface area contributed by atoms with Crippen LogP contribution in [-0.2, 0) is 22.3 Å². The van der Waals surface area contributed by atoms with Crippen LogP contribution in [0, 0.1) is 6.92 Å². The number of methoxy groups -OCH3 is 2. The third kappa shape index (κ3) is 3.65. The minimum Gasteiger partial charge on any atom is -0.497 e. The second-order valence-corrected chi connectivity index (χ2v) is 5.30. The first-order chi connectivity index (χ1) is 10.6. The Hall–Kier alpha value is -1.88. The summed E-state index contributed by atoms with van der Waals surface area (Å²) in [4.78, 5) is 9.13. The normalized spacial score (nSPS) is 17.8. The van der Waals surface area contributed by atoms with E-state index in [0.717, 1.165) is 48.1 Å². The van der Waals surface area contributed by atoms with Gasteiger partial charge in [0.15, 0.2) is 0 Å². The molecular weight excluding hydrogens is 278 g/mol. The zero-order chi connectivity index (χ0) is 16.1. The van der Waals surface area contributed by atoms with Crippen molar-refractivity contribution in [3.05, 3.63) is 40.7 Å². The lowest BCUT2D eigenvalue weighted by molar-refractivity contribution is 0.134. The molecule has 1 aromatic heterocycles. The molecule has 1 atom stereocenters. The van der Waals surface area contributed by atoms with Crippen molar-refractivity contribution in [3.63, 3.8) is 0 Å². The highest BCUT2D eigenvalue weighted by Gasteiger charge is 2.18. The number of ether oxygens (including phenoxy) is 2. The van der Waals surface area contributed by atoms with E-state index in [1.165, 1.54) is 5.56 Å². The molecule has 0 spiro atoms. The maximum absolute atomic E-state index is 5.45. The van der Waals surface area contributed by atoms with Gasteiger partial charge in [-0.25, -0.2) is 9.97 Å². The van der Waals surface area contributed by atoms with Gasteiger partial charge in [0.05, 0.1) is 13.2 Å². The van der Waals surface area contributed by atoms with Crippen LogP contribution < -0.4 is 5.32 Å². The van der Waals surface area contributed by atoms with E-state index >= 15 is 0 Å². The summed E-state index contributed by atoms with van der Waals surface area (Å²) in [7, 11) is 3.37. The Morgan fingerprint density at radius 3 is 2.59 bits per heavy atom. The number of hydrogen-bond donors (Lipinski definition) is 1. The fourth-order valence-electron chi connectivity index (χ4n) is 2.68. The molecule has 0 amide bonds. The highest BCUT2D eigenvalue weighted by Crippen LogP contribution is 2.25. The lowest BCUT2D eigenvalue weighted by Gasteiger charge is -2.22. The van der Waals surface area contributed by atoms with E-state index in [9.17, 15) is 0 Å². The van der Waals surface area contributed by atoms with Crippen LogP contribution in [0.25, 0.3) is 0 Å². The molecule has 0 bridgehead atoms. The standard InChI is InChI=1S/C17H25N3O2/c1-6-15-16(7-2)18-11(3)19-17(15)20-12-8-13(21-4)10-14(9-12)22-5/h8,10,14H,6-7,9H2,1-5H3,(H,18,19,20). The van der Waals surface area contributed by atoms with Gasteiger partial charge in [0.2, 0.25) is 0 Å². The predicted octanol–water partition coefficient (Wildman–Crippen LogP) is 3.15. The van der Waals surface area contributed by atoms with Gasteiger partial charge in [-0.1, -0.05) is 13.8 Å². The zero-order valence-corrected chi connectivity index (χ0v) is 14.1. The molecule has 0 fully saturated rings. The van der Waals surface area contributed by atoms with Gasteiger partial charge in [-0.2, -0.15) is 0 Å². The summed E-state index contributed by atoms with van der Waals surface area (Å²) in [5.41, 5.74) is 3.33. The second kappa shape index (κ2) is 7.40. The van der Waals surface area contributed by atoms with Gasteiger partial charge in [0, 0.05) is 30.5 Å². The Labute approximate surface area is 132 Å². The number of aromatic nitrogens is 2. The first-order valence-corrected chi connectivity index (χ1v) is 7.73. The molecule has 1 aliphatic carbocycles. The van der Waals surface area contributed by atoms with Crippen molar-refractivity contribution in [3.8, 4) is 0 Å². The molecule has 1 N–H and O–H groups in total. The summed E-state index contributed by atoms with van der Waals surface area (Å²) in [5, 5.41) is 3.45. The quantitative estimate of drug-likeness (QED) is 0.875. The Bertz CT molecular complexity index is 594. The Morgan fingerprint density at radius 1 is 1.23 bits per heavy atom. The SMILES string of the molecule is CCc1nc(C)nc(NC2=CC(OC)=CC(OC)C2)c1CC. The number of nitrogens with one attached hydrogen (secondary N) is 1. The number of hydrogen-bond acceptors (Lipinski definition) is 5. The fraction of sp³-hybridized carbons (Fsp3) is 0.529. The van der Waals surface area contributed by atoms with Gasteiger partial charge in [-0.15, -0.1) is 0 Å². The summed E-state index contributed by atoms with van der Waals surface area (Å²) in [5.74, 6) is 2.49. The third-order valence-corrected chi connectivity index (χ3v) is 3.80. The van der Waals surface area contributed by atoms with Gasteiger partial charge in [0.1, 0.15) is 17.4 Å². The van der Waals surface area contributed by atoms with E-state index in [1.54, 1.807) is 14.2 Å². The molecule has 1 aliphatic rings. The molecule has 1 aromatic rings. The Morgan fingerprint density at radius 2 is 2.00 bits per heavy atom. The van der Waals surface area contributed by atoms with Crippen molar-refractivity contribution in [2.75, 3.05) is 19.5 Å². The molecule has 5 heteroatoms. The first kappa shape index (κ1) is 16.5. The van der Waals surface area contributed by atoms with Crippen molar-refractivity contribution in [1.29, 1.82) is 0 Å².